The van der Waals surface area contributed by atoms with Gasteiger partial charge in [-0.25, -0.2) is 9.97 Å². The number of rotatable bonds is 6. The summed E-state index contributed by atoms with van der Waals surface area (Å²) in [6, 6.07) is 1.53. The second-order valence-corrected chi connectivity index (χ2v) is 5.06. The van der Waals surface area contributed by atoms with Crippen molar-refractivity contribution < 1.29 is 13.2 Å². The standard InChI is InChI=1S/C13H19F3N4/c1-2-6-17-10-7-11(18-8-9-4-3-5-9)20-12(19-10)13(14,15)16/h7,9H,2-6,8H2,1H3,(H2,17,18,19,20). The van der Waals surface area contributed by atoms with Gasteiger partial charge < -0.3 is 10.6 Å². The van der Waals surface area contributed by atoms with Crippen molar-refractivity contribution in [2.45, 2.75) is 38.8 Å². The van der Waals surface area contributed by atoms with Crippen molar-refractivity contribution in [1.82, 2.24) is 9.97 Å². The molecule has 0 saturated heterocycles. The Hall–Kier alpha value is -1.53. The molecule has 1 fully saturated rings. The summed E-state index contributed by atoms with van der Waals surface area (Å²) in [6.07, 6.45) is -0.253. The first kappa shape index (κ1) is 14.9. The molecular weight excluding hydrogens is 269 g/mol. The lowest BCUT2D eigenvalue weighted by atomic mass is 9.85. The Morgan fingerprint density at radius 3 is 2.35 bits per heavy atom. The molecule has 0 aromatic carbocycles. The molecule has 1 saturated carbocycles. The Morgan fingerprint density at radius 2 is 1.85 bits per heavy atom. The van der Waals surface area contributed by atoms with E-state index in [-0.39, 0.29) is 11.6 Å². The van der Waals surface area contributed by atoms with E-state index >= 15 is 0 Å². The molecule has 1 aliphatic rings. The lowest BCUT2D eigenvalue weighted by molar-refractivity contribution is -0.144. The van der Waals surface area contributed by atoms with E-state index in [4.69, 9.17) is 0 Å². The fourth-order valence-corrected chi connectivity index (χ4v) is 1.95. The second-order valence-electron chi connectivity index (χ2n) is 5.06. The number of nitrogens with one attached hydrogen (secondary N) is 2. The maximum atomic E-state index is 12.8. The molecule has 0 amide bonds. The Kier molecular flexibility index (Phi) is 4.67. The van der Waals surface area contributed by atoms with E-state index in [1.807, 2.05) is 6.92 Å². The van der Waals surface area contributed by atoms with Crippen molar-refractivity contribution in [3.8, 4) is 0 Å². The first-order valence-corrected chi connectivity index (χ1v) is 6.93. The van der Waals surface area contributed by atoms with Gasteiger partial charge in [-0.3, -0.25) is 0 Å². The fraction of sp³-hybridized carbons (Fsp3) is 0.692. The largest absolute Gasteiger partial charge is 0.451 e. The number of hydrogen-bond donors (Lipinski definition) is 2. The number of aromatic nitrogens is 2. The minimum Gasteiger partial charge on any atom is -0.370 e. The summed E-state index contributed by atoms with van der Waals surface area (Å²) in [5, 5.41) is 5.86. The molecule has 1 heterocycles. The van der Waals surface area contributed by atoms with Crippen LogP contribution < -0.4 is 10.6 Å². The summed E-state index contributed by atoms with van der Waals surface area (Å²) in [5.74, 6) is -0.107. The summed E-state index contributed by atoms with van der Waals surface area (Å²) >= 11 is 0. The lowest BCUT2D eigenvalue weighted by Gasteiger charge is -2.25. The van der Waals surface area contributed by atoms with Crippen LogP contribution in [-0.2, 0) is 6.18 Å². The predicted octanol–water partition coefficient (Wildman–Crippen LogP) is 3.53. The monoisotopic (exact) mass is 288 g/mol. The second kappa shape index (κ2) is 6.28. The van der Waals surface area contributed by atoms with Crippen LogP contribution in [-0.4, -0.2) is 23.1 Å². The van der Waals surface area contributed by atoms with Crippen LogP contribution in [0, 0.1) is 5.92 Å². The molecule has 2 rings (SSSR count). The van der Waals surface area contributed by atoms with E-state index in [2.05, 4.69) is 20.6 Å². The zero-order valence-corrected chi connectivity index (χ0v) is 11.4. The number of hydrogen-bond acceptors (Lipinski definition) is 4. The Morgan fingerprint density at radius 1 is 1.20 bits per heavy atom. The minimum absolute atomic E-state index is 0.213. The van der Waals surface area contributed by atoms with Gasteiger partial charge in [-0.2, -0.15) is 13.2 Å². The van der Waals surface area contributed by atoms with Crippen LogP contribution in [0.5, 0.6) is 0 Å². The van der Waals surface area contributed by atoms with Gasteiger partial charge in [-0.15, -0.1) is 0 Å². The van der Waals surface area contributed by atoms with Crippen LogP contribution in [0.2, 0.25) is 0 Å². The maximum absolute atomic E-state index is 12.8. The Bertz CT molecular complexity index is 444. The van der Waals surface area contributed by atoms with E-state index in [1.54, 1.807) is 0 Å². The van der Waals surface area contributed by atoms with Gasteiger partial charge in [0.15, 0.2) is 0 Å². The van der Waals surface area contributed by atoms with Crippen LogP contribution in [0.4, 0.5) is 24.8 Å². The summed E-state index contributed by atoms with van der Waals surface area (Å²) < 4.78 is 38.3. The third-order valence-electron chi connectivity index (χ3n) is 3.33. The highest BCUT2D eigenvalue weighted by atomic mass is 19.4. The molecule has 0 spiro atoms. The quantitative estimate of drug-likeness (QED) is 0.840. The van der Waals surface area contributed by atoms with Crippen molar-refractivity contribution in [1.29, 1.82) is 0 Å². The highest BCUT2D eigenvalue weighted by Gasteiger charge is 2.35. The molecule has 0 aliphatic heterocycles. The van der Waals surface area contributed by atoms with Crippen molar-refractivity contribution in [2.24, 2.45) is 5.92 Å². The lowest BCUT2D eigenvalue weighted by Crippen LogP contribution is -2.22. The van der Waals surface area contributed by atoms with Crippen molar-refractivity contribution >= 4 is 11.6 Å². The van der Waals surface area contributed by atoms with Gasteiger partial charge in [-0.1, -0.05) is 13.3 Å². The molecule has 4 nitrogen and oxygen atoms in total. The van der Waals surface area contributed by atoms with Gasteiger partial charge in [0.05, 0.1) is 0 Å². The summed E-state index contributed by atoms with van der Waals surface area (Å²) in [6.45, 7) is 3.19. The molecular formula is C13H19F3N4. The number of halogens is 3. The Labute approximate surface area is 116 Å². The molecule has 1 aliphatic carbocycles. The van der Waals surface area contributed by atoms with Gasteiger partial charge >= 0.3 is 6.18 Å². The number of nitrogens with zero attached hydrogens (tertiary/aromatic N) is 2. The fourth-order valence-electron chi connectivity index (χ4n) is 1.95. The molecule has 0 unspecified atom stereocenters. The Balaban J connectivity index is 2.11. The summed E-state index contributed by atoms with van der Waals surface area (Å²) in [7, 11) is 0. The number of anilines is 2. The molecule has 20 heavy (non-hydrogen) atoms. The first-order valence-electron chi connectivity index (χ1n) is 6.93. The van der Waals surface area contributed by atoms with E-state index in [0.29, 0.717) is 19.0 Å². The third-order valence-corrected chi connectivity index (χ3v) is 3.33. The van der Waals surface area contributed by atoms with Crippen LogP contribution >= 0.6 is 0 Å². The van der Waals surface area contributed by atoms with Crippen LogP contribution in [0.1, 0.15) is 38.4 Å². The molecule has 112 valence electrons. The van der Waals surface area contributed by atoms with Crippen molar-refractivity contribution in [3.63, 3.8) is 0 Å². The zero-order valence-electron chi connectivity index (χ0n) is 11.4. The third kappa shape index (κ3) is 3.98. The molecule has 0 atom stereocenters. The van der Waals surface area contributed by atoms with Gasteiger partial charge in [-0.05, 0) is 25.2 Å². The summed E-state index contributed by atoms with van der Waals surface area (Å²) in [4.78, 5) is 7.07. The van der Waals surface area contributed by atoms with Crippen molar-refractivity contribution in [3.05, 3.63) is 11.9 Å². The molecule has 2 N–H and O–H groups in total. The average molecular weight is 288 g/mol. The first-order chi connectivity index (χ1) is 9.49. The van der Waals surface area contributed by atoms with Gasteiger partial charge in [0.1, 0.15) is 11.6 Å². The van der Waals surface area contributed by atoms with E-state index in [0.717, 1.165) is 19.3 Å². The average Bonchev–Trinajstić information content (AvgIpc) is 2.33. The highest BCUT2D eigenvalue weighted by molar-refractivity contribution is 5.47. The van der Waals surface area contributed by atoms with E-state index < -0.39 is 12.0 Å². The molecule has 1 aromatic heterocycles. The predicted molar refractivity (Wildman–Crippen MR) is 71.6 cm³/mol. The van der Waals surface area contributed by atoms with Crippen LogP contribution in [0.25, 0.3) is 0 Å². The van der Waals surface area contributed by atoms with E-state index in [9.17, 15) is 13.2 Å². The maximum Gasteiger partial charge on any atom is 0.451 e. The van der Waals surface area contributed by atoms with Gasteiger partial charge in [0.25, 0.3) is 0 Å². The minimum atomic E-state index is -4.53. The topological polar surface area (TPSA) is 49.8 Å². The molecule has 7 heteroatoms. The zero-order chi connectivity index (χ0) is 14.6. The van der Waals surface area contributed by atoms with E-state index in [1.165, 1.54) is 12.5 Å². The van der Waals surface area contributed by atoms with Crippen LogP contribution in [0.3, 0.4) is 0 Å². The van der Waals surface area contributed by atoms with Crippen LogP contribution in [0.15, 0.2) is 6.07 Å². The molecule has 0 bridgehead atoms. The normalized spacial score (nSPS) is 15.8. The van der Waals surface area contributed by atoms with Gasteiger partial charge in [0, 0.05) is 19.2 Å². The summed E-state index contributed by atoms with van der Waals surface area (Å²) in [5.41, 5.74) is 0. The van der Waals surface area contributed by atoms with Gasteiger partial charge in [0.2, 0.25) is 5.82 Å². The number of alkyl halides is 3. The SMILES string of the molecule is CCCNc1cc(NCC2CCC2)nc(C(F)(F)F)n1. The smallest absolute Gasteiger partial charge is 0.370 e. The van der Waals surface area contributed by atoms with Crippen molar-refractivity contribution in [2.75, 3.05) is 23.7 Å². The molecule has 0 radical (unpaired) electrons. The highest BCUT2D eigenvalue weighted by Crippen LogP contribution is 2.29. The molecule has 1 aromatic rings.